The van der Waals surface area contributed by atoms with E-state index in [1.54, 1.807) is 24.3 Å². The molecule has 2 heterocycles. The number of hydrogen-bond donors (Lipinski definition) is 2. The first-order valence-corrected chi connectivity index (χ1v) is 10.9. The van der Waals surface area contributed by atoms with E-state index in [1.807, 2.05) is 0 Å². The van der Waals surface area contributed by atoms with Gasteiger partial charge in [-0.05, 0) is 48.5 Å². The highest BCUT2D eigenvalue weighted by atomic mass is 19.1. The van der Waals surface area contributed by atoms with Gasteiger partial charge in [-0.25, -0.2) is 9.07 Å². The molecule has 1 aliphatic rings. The number of ether oxygens (including phenoxy) is 2. The Morgan fingerprint density at radius 2 is 1.82 bits per heavy atom. The maximum atomic E-state index is 13.2. The minimum absolute atomic E-state index is 0.167. The first-order chi connectivity index (χ1) is 16.5. The lowest BCUT2D eigenvalue weighted by atomic mass is 10.2. The Balaban J connectivity index is 1.41. The van der Waals surface area contributed by atoms with Crippen molar-refractivity contribution in [1.82, 2.24) is 20.0 Å². The summed E-state index contributed by atoms with van der Waals surface area (Å²) in [5.41, 5.74) is 0.879. The summed E-state index contributed by atoms with van der Waals surface area (Å²) in [5, 5.41) is 9.96. The molecule has 10 heteroatoms. The van der Waals surface area contributed by atoms with Crippen LogP contribution in [0.5, 0.6) is 11.5 Å². The molecule has 0 aliphatic carbocycles. The molecular formula is C24H26FN5O4. The van der Waals surface area contributed by atoms with Crippen molar-refractivity contribution in [1.29, 1.82) is 0 Å². The van der Waals surface area contributed by atoms with Crippen molar-refractivity contribution >= 4 is 17.3 Å². The number of nitrogens with one attached hydrogen (secondary N) is 2. The average molecular weight is 468 g/mol. The van der Waals surface area contributed by atoms with Gasteiger partial charge in [-0.2, -0.15) is 5.10 Å². The number of morpholine rings is 1. The average Bonchev–Trinajstić information content (AvgIpc) is 2.86. The Morgan fingerprint density at radius 1 is 1.12 bits per heavy atom. The fourth-order valence-electron chi connectivity index (χ4n) is 3.45. The number of hydrogen-bond acceptors (Lipinski definition) is 7. The van der Waals surface area contributed by atoms with Crippen LogP contribution in [0.3, 0.4) is 0 Å². The van der Waals surface area contributed by atoms with E-state index in [0.717, 1.165) is 32.8 Å². The summed E-state index contributed by atoms with van der Waals surface area (Å²) in [4.78, 5) is 27.4. The highest BCUT2D eigenvalue weighted by Crippen LogP contribution is 2.28. The van der Waals surface area contributed by atoms with E-state index in [9.17, 15) is 14.0 Å². The van der Waals surface area contributed by atoms with Crippen LogP contribution in [0.2, 0.25) is 0 Å². The molecule has 1 aromatic heterocycles. The molecule has 0 saturated carbocycles. The Hall–Kier alpha value is -3.76. The molecule has 1 aliphatic heterocycles. The second kappa shape index (κ2) is 10.9. The minimum Gasteiger partial charge on any atom is -0.453 e. The highest BCUT2D eigenvalue weighted by Gasteiger charge is 2.14. The van der Waals surface area contributed by atoms with E-state index in [-0.39, 0.29) is 17.3 Å². The standard InChI is InChI=1S/C24H26FN5O4/c1-29-24(32)22(21(16-27-29)34-20-8-4-18(25)5-9-20)28-19-6-2-17(3-7-19)23(31)26-10-11-30-12-14-33-15-13-30/h2-9,16,28H,10-15H2,1H3,(H,26,31). The monoisotopic (exact) mass is 467 g/mol. The summed E-state index contributed by atoms with van der Waals surface area (Å²) in [7, 11) is 1.53. The Kier molecular flexibility index (Phi) is 7.51. The predicted octanol–water partition coefficient (Wildman–Crippen LogP) is 2.52. The number of nitrogens with zero attached hydrogens (tertiary/aromatic N) is 3. The van der Waals surface area contributed by atoms with Gasteiger partial charge in [0.25, 0.3) is 11.5 Å². The fourth-order valence-corrected chi connectivity index (χ4v) is 3.45. The number of carbonyl (C=O) groups is 1. The molecule has 0 bridgehead atoms. The predicted molar refractivity (Wildman–Crippen MR) is 125 cm³/mol. The number of anilines is 2. The molecule has 34 heavy (non-hydrogen) atoms. The number of carbonyl (C=O) groups excluding carboxylic acids is 1. The Morgan fingerprint density at radius 3 is 2.53 bits per heavy atom. The maximum absolute atomic E-state index is 13.2. The van der Waals surface area contributed by atoms with Gasteiger partial charge < -0.3 is 20.1 Å². The fraction of sp³-hybridized carbons (Fsp3) is 0.292. The lowest BCUT2D eigenvalue weighted by molar-refractivity contribution is 0.0383. The summed E-state index contributed by atoms with van der Waals surface area (Å²) < 4.78 is 25.4. The van der Waals surface area contributed by atoms with Gasteiger partial charge in [0.15, 0.2) is 11.4 Å². The van der Waals surface area contributed by atoms with E-state index in [0.29, 0.717) is 23.5 Å². The zero-order chi connectivity index (χ0) is 23.9. The summed E-state index contributed by atoms with van der Waals surface area (Å²) in [6.45, 7) is 4.52. The molecule has 9 nitrogen and oxygen atoms in total. The first kappa shape index (κ1) is 23.4. The first-order valence-electron chi connectivity index (χ1n) is 10.9. The number of aromatic nitrogens is 2. The molecule has 3 aromatic rings. The number of aryl methyl sites for hydroxylation is 1. The normalized spacial score (nSPS) is 13.9. The quantitative estimate of drug-likeness (QED) is 0.525. The minimum atomic E-state index is -0.399. The molecule has 2 N–H and O–H groups in total. The maximum Gasteiger partial charge on any atom is 0.294 e. The van der Waals surface area contributed by atoms with Gasteiger partial charge in [-0.3, -0.25) is 14.5 Å². The van der Waals surface area contributed by atoms with Crippen LogP contribution in [0.1, 0.15) is 10.4 Å². The smallest absolute Gasteiger partial charge is 0.294 e. The molecule has 178 valence electrons. The van der Waals surface area contributed by atoms with Gasteiger partial charge in [0, 0.05) is 44.5 Å². The molecular weight excluding hydrogens is 441 g/mol. The summed E-state index contributed by atoms with van der Waals surface area (Å²) in [5.74, 6) is 0.00114. The van der Waals surface area contributed by atoms with Gasteiger partial charge in [-0.15, -0.1) is 0 Å². The molecule has 1 saturated heterocycles. The van der Waals surface area contributed by atoms with Crippen LogP contribution in [0.25, 0.3) is 0 Å². The van der Waals surface area contributed by atoms with Crippen LogP contribution in [0.4, 0.5) is 15.8 Å². The summed E-state index contributed by atoms with van der Waals surface area (Å²) in [6.07, 6.45) is 1.41. The molecule has 4 rings (SSSR count). The Labute approximate surface area is 196 Å². The molecule has 0 atom stereocenters. The zero-order valence-electron chi connectivity index (χ0n) is 18.8. The van der Waals surface area contributed by atoms with Gasteiger partial charge in [-0.1, -0.05) is 0 Å². The van der Waals surface area contributed by atoms with Crippen LogP contribution in [0.15, 0.2) is 59.5 Å². The van der Waals surface area contributed by atoms with Gasteiger partial charge >= 0.3 is 0 Å². The van der Waals surface area contributed by atoms with Crippen LogP contribution in [0, 0.1) is 5.82 Å². The van der Waals surface area contributed by atoms with E-state index >= 15 is 0 Å². The topological polar surface area (TPSA) is 97.7 Å². The third kappa shape index (κ3) is 5.97. The molecule has 0 radical (unpaired) electrons. The molecule has 0 unspecified atom stereocenters. The van der Waals surface area contributed by atoms with E-state index in [4.69, 9.17) is 9.47 Å². The van der Waals surface area contributed by atoms with Gasteiger partial charge in [0.05, 0.1) is 19.4 Å². The van der Waals surface area contributed by atoms with Crippen molar-refractivity contribution in [3.63, 3.8) is 0 Å². The van der Waals surface area contributed by atoms with Crippen LogP contribution < -0.4 is 20.9 Å². The highest BCUT2D eigenvalue weighted by molar-refractivity contribution is 5.94. The Bertz CT molecular complexity index is 1180. The van der Waals surface area contributed by atoms with Crippen molar-refractivity contribution in [2.75, 3.05) is 44.7 Å². The molecule has 1 amide bonds. The number of halogens is 1. The van der Waals surface area contributed by atoms with E-state index in [2.05, 4.69) is 20.6 Å². The van der Waals surface area contributed by atoms with Crippen LogP contribution in [-0.2, 0) is 11.8 Å². The van der Waals surface area contributed by atoms with Crippen molar-refractivity contribution in [3.8, 4) is 11.5 Å². The van der Waals surface area contributed by atoms with Crippen LogP contribution in [-0.4, -0.2) is 60.0 Å². The molecule has 2 aromatic carbocycles. The molecule has 0 spiro atoms. The number of rotatable bonds is 8. The van der Waals surface area contributed by atoms with E-state index < -0.39 is 11.4 Å². The van der Waals surface area contributed by atoms with E-state index in [1.165, 1.54) is 42.2 Å². The SMILES string of the molecule is Cn1ncc(Oc2ccc(F)cc2)c(Nc2ccc(C(=O)NCCN3CCOCC3)cc2)c1=O. The largest absolute Gasteiger partial charge is 0.453 e. The second-order valence-electron chi connectivity index (χ2n) is 7.78. The summed E-state index contributed by atoms with van der Waals surface area (Å²) in [6, 6.07) is 12.2. The van der Waals surface area contributed by atoms with Crippen molar-refractivity contribution < 1.29 is 18.7 Å². The molecule has 1 fully saturated rings. The third-order valence-electron chi connectivity index (χ3n) is 5.38. The number of benzene rings is 2. The second-order valence-corrected chi connectivity index (χ2v) is 7.78. The van der Waals surface area contributed by atoms with Crippen molar-refractivity contribution in [2.45, 2.75) is 0 Å². The van der Waals surface area contributed by atoms with Gasteiger partial charge in [0.1, 0.15) is 11.6 Å². The summed E-state index contributed by atoms with van der Waals surface area (Å²) >= 11 is 0. The lowest BCUT2D eigenvalue weighted by Gasteiger charge is -2.26. The van der Waals surface area contributed by atoms with Crippen molar-refractivity contribution in [3.05, 3.63) is 76.5 Å². The van der Waals surface area contributed by atoms with Crippen LogP contribution >= 0.6 is 0 Å². The zero-order valence-corrected chi connectivity index (χ0v) is 18.8. The number of amides is 1. The van der Waals surface area contributed by atoms with Gasteiger partial charge in [0.2, 0.25) is 0 Å². The third-order valence-corrected chi connectivity index (χ3v) is 5.38. The van der Waals surface area contributed by atoms with Crippen molar-refractivity contribution in [2.24, 2.45) is 7.05 Å². The lowest BCUT2D eigenvalue weighted by Crippen LogP contribution is -2.41.